The molecule has 0 aromatic rings. The van der Waals surface area contributed by atoms with Crippen LogP contribution >= 0.6 is 0 Å². The second kappa shape index (κ2) is 22.6. The molecule has 0 bridgehead atoms. The van der Waals surface area contributed by atoms with E-state index in [1.165, 1.54) is 16.7 Å². The predicted molar refractivity (Wildman–Crippen MR) is 103 cm³/mol. The maximum atomic E-state index is 9.60. The second-order valence-electron chi connectivity index (χ2n) is 5.82. The summed E-state index contributed by atoms with van der Waals surface area (Å²) in [7, 11) is 0. The van der Waals surface area contributed by atoms with Crippen LogP contribution in [0.5, 0.6) is 0 Å². The van der Waals surface area contributed by atoms with Gasteiger partial charge < -0.3 is 15.3 Å². The van der Waals surface area contributed by atoms with E-state index in [2.05, 4.69) is 26.8 Å². The number of carboxylic acids is 3. The Morgan fingerprint density at radius 1 is 0.778 bits per heavy atom. The summed E-state index contributed by atoms with van der Waals surface area (Å²) in [5.74, 6) is -2.13. The van der Waals surface area contributed by atoms with Gasteiger partial charge in [-0.25, -0.2) is 5.57 Å². The van der Waals surface area contributed by atoms with Gasteiger partial charge in [-0.15, -0.1) is 13.3 Å². The number of carboxylic acid groups (broad SMARTS) is 3. The molecule has 1 rings (SSSR count). The van der Waals surface area contributed by atoms with Gasteiger partial charge in [0.1, 0.15) is 0 Å². The van der Waals surface area contributed by atoms with E-state index in [-0.39, 0.29) is 21.7 Å². The fraction of sp³-hybridized carbons (Fsp3) is 0.650. The average Bonchev–Trinajstić information content (AvgIpc) is 2.80. The van der Waals surface area contributed by atoms with E-state index in [0.29, 0.717) is 19.3 Å². The molecule has 0 saturated heterocycles. The first kappa shape index (κ1) is 33.2. The maximum absolute atomic E-state index is 9.60. The van der Waals surface area contributed by atoms with Crippen LogP contribution in [-0.2, 0) is 36.1 Å². The summed E-state index contributed by atoms with van der Waals surface area (Å²) in [6, 6.07) is 0. The summed E-state index contributed by atoms with van der Waals surface area (Å²) < 4.78 is 0. The zero-order valence-corrected chi connectivity index (χ0v) is 19.1. The van der Waals surface area contributed by atoms with E-state index >= 15 is 0 Å². The minimum absolute atomic E-state index is 0. The molecule has 0 aliphatic heterocycles. The molecule has 0 unspecified atom stereocenters. The standard InChI is InChI=1S/C8H11.3C4H8O2.Ti/c1-6-4-5-7(2)8(6)3;3*1-2-3-4(5)6;/h4H2,1-3H3;3*2-3H2,1H3,(H,5,6);/q-1;;;;. The van der Waals surface area contributed by atoms with Crippen molar-refractivity contribution in [3.05, 3.63) is 22.8 Å². The minimum atomic E-state index is -0.711. The van der Waals surface area contributed by atoms with E-state index in [9.17, 15) is 14.4 Å². The van der Waals surface area contributed by atoms with Gasteiger partial charge >= 0.3 is 17.9 Å². The normalized spacial score (nSPS) is 11.3. The van der Waals surface area contributed by atoms with Crippen LogP contribution < -0.4 is 0 Å². The summed E-state index contributed by atoms with van der Waals surface area (Å²) in [6.45, 7) is 12.0. The van der Waals surface area contributed by atoms with Crippen LogP contribution in [0, 0.1) is 6.08 Å². The van der Waals surface area contributed by atoms with Gasteiger partial charge in [-0.2, -0.15) is 11.1 Å². The summed E-state index contributed by atoms with van der Waals surface area (Å²) in [6.07, 6.45) is 7.38. The molecule has 6 nitrogen and oxygen atoms in total. The molecule has 0 saturated carbocycles. The van der Waals surface area contributed by atoms with Crippen LogP contribution in [-0.4, -0.2) is 33.2 Å². The molecule has 0 radical (unpaired) electrons. The van der Waals surface area contributed by atoms with E-state index in [1.807, 2.05) is 20.8 Å². The molecule has 0 atom stereocenters. The van der Waals surface area contributed by atoms with Crippen molar-refractivity contribution in [1.29, 1.82) is 0 Å². The largest absolute Gasteiger partial charge is 0.481 e. The van der Waals surface area contributed by atoms with Crippen LogP contribution in [0.15, 0.2) is 16.7 Å². The van der Waals surface area contributed by atoms with Crippen LogP contribution in [0.1, 0.15) is 86.5 Å². The molecule has 27 heavy (non-hydrogen) atoms. The monoisotopic (exact) mass is 419 g/mol. The zero-order chi connectivity index (χ0) is 21.1. The average molecular weight is 419 g/mol. The number of aliphatic carboxylic acids is 3. The molecule has 0 heterocycles. The Bertz CT molecular complexity index is 437. The van der Waals surface area contributed by atoms with E-state index in [1.54, 1.807) is 0 Å². The van der Waals surface area contributed by atoms with Crippen LogP contribution in [0.25, 0.3) is 0 Å². The van der Waals surface area contributed by atoms with Crippen LogP contribution in [0.2, 0.25) is 0 Å². The van der Waals surface area contributed by atoms with Gasteiger partial charge in [-0.1, -0.05) is 34.6 Å². The minimum Gasteiger partial charge on any atom is -0.481 e. The summed E-state index contributed by atoms with van der Waals surface area (Å²) in [4.78, 5) is 28.8. The predicted octanol–water partition coefficient (Wildman–Crippen LogP) is 5.09. The maximum Gasteiger partial charge on any atom is 0.303 e. The van der Waals surface area contributed by atoms with Gasteiger partial charge in [-0.3, -0.25) is 20.5 Å². The first-order valence-electron chi connectivity index (χ1n) is 8.92. The van der Waals surface area contributed by atoms with Crippen LogP contribution in [0.3, 0.4) is 0 Å². The molecule has 0 spiro atoms. The first-order chi connectivity index (χ1) is 12.0. The Morgan fingerprint density at radius 3 is 1.11 bits per heavy atom. The van der Waals surface area contributed by atoms with Gasteiger partial charge in [0.2, 0.25) is 0 Å². The Kier molecular flexibility index (Phi) is 27.9. The summed E-state index contributed by atoms with van der Waals surface area (Å²) >= 11 is 0. The zero-order valence-electron chi connectivity index (χ0n) is 17.5. The molecule has 0 amide bonds. The number of allylic oxidation sites excluding steroid dienone is 4. The second-order valence-corrected chi connectivity index (χ2v) is 5.82. The SMILES string of the molecule is CC1=[C-]CC(C)=C1C.CCCC(=O)O.CCCC(=O)O.CCCC(=O)O.[Ti]. The van der Waals surface area contributed by atoms with Crippen molar-refractivity contribution in [2.24, 2.45) is 0 Å². The van der Waals surface area contributed by atoms with Crippen molar-refractivity contribution in [1.82, 2.24) is 0 Å². The molecule has 1 aliphatic rings. The molecule has 7 heteroatoms. The first-order valence-corrected chi connectivity index (χ1v) is 8.92. The fourth-order valence-electron chi connectivity index (χ4n) is 1.49. The quantitative estimate of drug-likeness (QED) is 0.409. The van der Waals surface area contributed by atoms with Gasteiger partial charge in [0.25, 0.3) is 0 Å². The molecular formula is C20H35O6Ti-. The van der Waals surface area contributed by atoms with Gasteiger partial charge in [-0.05, 0) is 19.3 Å². The Labute approximate surface area is 178 Å². The number of rotatable bonds is 6. The van der Waals surface area contributed by atoms with Crippen molar-refractivity contribution in [2.75, 3.05) is 0 Å². The van der Waals surface area contributed by atoms with Crippen molar-refractivity contribution in [3.63, 3.8) is 0 Å². The molecular weight excluding hydrogens is 384 g/mol. The van der Waals surface area contributed by atoms with Gasteiger partial charge in [0.05, 0.1) is 0 Å². The third-order valence-electron chi connectivity index (χ3n) is 3.21. The Morgan fingerprint density at radius 2 is 1.07 bits per heavy atom. The summed E-state index contributed by atoms with van der Waals surface area (Å²) in [5, 5.41) is 23.7. The van der Waals surface area contributed by atoms with Crippen molar-refractivity contribution >= 4 is 17.9 Å². The summed E-state index contributed by atoms with van der Waals surface area (Å²) in [5.41, 5.74) is 4.25. The van der Waals surface area contributed by atoms with E-state index < -0.39 is 17.9 Å². The molecule has 3 N–H and O–H groups in total. The molecule has 1 aliphatic carbocycles. The van der Waals surface area contributed by atoms with Crippen molar-refractivity contribution < 1.29 is 51.4 Å². The van der Waals surface area contributed by atoms with Gasteiger partial charge in [0, 0.05) is 41.0 Å². The Balaban J connectivity index is -0.000000131. The van der Waals surface area contributed by atoms with E-state index in [4.69, 9.17) is 15.3 Å². The molecule has 0 aromatic heterocycles. The molecule has 0 aromatic carbocycles. The molecule has 156 valence electrons. The van der Waals surface area contributed by atoms with Gasteiger partial charge in [0.15, 0.2) is 0 Å². The third-order valence-corrected chi connectivity index (χ3v) is 3.21. The van der Waals surface area contributed by atoms with Crippen molar-refractivity contribution in [2.45, 2.75) is 86.5 Å². The Hall–Kier alpha value is -1.40. The van der Waals surface area contributed by atoms with Crippen LogP contribution in [0.4, 0.5) is 0 Å². The van der Waals surface area contributed by atoms with Crippen molar-refractivity contribution in [3.8, 4) is 0 Å². The number of hydrogen-bond acceptors (Lipinski definition) is 3. The smallest absolute Gasteiger partial charge is 0.303 e. The number of hydrogen-bond donors (Lipinski definition) is 3. The number of carbonyl (C=O) groups is 3. The topological polar surface area (TPSA) is 112 Å². The van der Waals surface area contributed by atoms with E-state index in [0.717, 1.165) is 25.7 Å². The molecule has 0 fully saturated rings. The third kappa shape index (κ3) is 29.6. The fourth-order valence-corrected chi connectivity index (χ4v) is 1.49.